The maximum Gasteiger partial charge on any atom is 0.0992 e. The third-order valence-corrected chi connectivity index (χ3v) is 2.21. The Morgan fingerprint density at radius 1 is 1.56 bits per heavy atom. The fourth-order valence-electron chi connectivity index (χ4n) is 1.12. The van der Waals surface area contributed by atoms with E-state index in [9.17, 15) is 0 Å². The minimum atomic E-state index is 0.431. The first-order valence-corrected chi connectivity index (χ1v) is 5.03. The summed E-state index contributed by atoms with van der Waals surface area (Å²) in [5, 5.41) is 12.6. The van der Waals surface area contributed by atoms with Crippen molar-refractivity contribution in [3.8, 4) is 6.07 Å². The molecule has 0 heterocycles. The smallest absolute Gasteiger partial charge is 0.0992 e. The molecule has 0 unspecified atom stereocenters. The van der Waals surface area contributed by atoms with Crippen LogP contribution in [0.25, 0.3) is 16.5 Å². The molecule has 0 aliphatic rings. The summed E-state index contributed by atoms with van der Waals surface area (Å²) in [4.78, 5) is 2.65. The number of benzene rings is 1. The maximum atomic E-state index is 8.65. The second kappa shape index (κ2) is 6.52. The summed E-state index contributed by atoms with van der Waals surface area (Å²) < 4.78 is 0. The average molecular weight is 233 g/mol. The second-order valence-corrected chi connectivity index (χ2v) is 3.40. The van der Waals surface area contributed by atoms with Gasteiger partial charge in [0.2, 0.25) is 0 Å². The van der Waals surface area contributed by atoms with Crippen molar-refractivity contribution >= 4 is 17.7 Å². The van der Waals surface area contributed by atoms with Crippen LogP contribution in [0.2, 0.25) is 5.02 Å². The predicted octanol–water partition coefficient (Wildman–Crippen LogP) is 3.93. The van der Waals surface area contributed by atoms with Crippen LogP contribution in [0.5, 0.6) is 0 Å². The Labute approximate surface area is 98.4 Å². The molecule has 0 aromatic heterocycles. The highest BCUT2D eigenvalue weighted by Gasteiger charge is 1.97. The van der Waals surface area contributed by atoms with Crippen molar-refractivity contribution in [3.05, 3.63) is 50.9 Å². The Bertz CT molecular complexity index is 481. The molecular formula is C11H9ClN4. The number of hydrogen-bond donors (Lipinski definition) is 0. The second-order valence-electron chi connectivity index (χ2n) is 2.99. The molecule has 5 heteroatoms. The summed E-state index contributed by atoms with van der Waals surface area (Å²) in [6, 6.07) is 7.13. The minimum Gasteiger partial charge on any atom is -0.192 e. The van der Waals surface area contributed by atoms with Crippen molar-refractivity contribution in [2.75, 3.05) is 6.54 Å². The van der Waals surface area contributed by atoms with Crippen molar-refractivity contribution in [2.24, 2.45) is 5.11 Å². The van der Waals surface area contributed by atoms with Gasteiger partial charge in [-0.25, -0.2) is 0 Å². The van der Waals surface area contributed by atoms with Gasteiger partial charge in [-0.3, -0.25) is 0 Å². The van der Waals surface area contributed by atoms with E-state index in [1.54, 1.807) is 18.2 Å². The van der Waals surface area contributed by atoms with E-state index >= 15 is 0 Å². The van der Waals surface area contributed by atoms with Gasteiger partial charge in [0.25, 0.3) is 0 Å². The van der Waals surface area contributed by atoms with E-state index in [-0.39, 0.29) is 0 Å². The summed E-state index contributed by atoms with van der Waals surface area (Å²) in [6.45, 7) is 0.431. The molecule has 0 fully saturated rings. The molecule has 0 spiro atoms. The van der Waals surface area contributed by atoms with E-state index in [1.165, 1.54) is 0 Å². The molecule has 0 bridgehead atoms. The standard InChI is InChI=1S/C11H9ClN4/c12-11-7-9(8-13)4-5-10(11)3-1-2-6-15-16-14/h1,3-5,7H,2,6H2. The van der Waals surface area contributed by atoms with Crippen molar-refractivity contribution in [2.45, 2.75) is 6.42 Å². The average Bonchev–Trinajstić information content (AvgIpc) is 2.30. The molecule has 80 valence electrons. The highest BCUT2D eigenvalue weighted by atomic mass is 35.5. The molecular weight excluding hydrogens is 224 g/mol. The lowest BCUT2D eigenvalue weighted by molar-refractivity contribution is 0.996. The summed E-state index contributed by atoms with van der Waals surface area (Å²) in [5.74, 6) is 0. The summed E-state index contributed by atoms with van der Waals surface area (Å²) in [7, 11) is 0. The maximum absolute atomic E-state index is 8.65. The van der Waals surface area contributed by atoms with Crippen LogP contribution in [-0.2, 0) is 0 Å². The largest absolute Gasteiger partial charge is 0.192 e. The quantitative estimate of drug-likeness (QED) is 0.336. The Morgan fingerprint density at radius 3 is 3.00 bits per heavy atom. The van der Waals surface area contributed by atoms with E-state index in [1.807, 2.05) is 18.2 Å². The number of nitrogens with zero attached hydrogens (tertiary/aromatic N) is 4. The SMILES string of the molecule is N#Cc1ccc(C=CCCN=[N+]=[N-])c(Cl)c1. The molecule has 1 rings (SSSR count). The van der Waals surface area contributed by atoms with Crippen LogP contribution in [0.3, 0.4) is 0 Å². The monoisotopic (exact) mass is 232 g/mol. The zero-order chi connectivity index (χ0) is 11.8. The zero-order valence-corrected chi connectivity index (χ0v) is 9.22. The molecule has 0 saturated carbocycles. The molecule has 1 aromatic carbocycles. The van der Waals surface area contributed by atoms with Gasteiger partial charge in [0.1, 0.15) is 0 Å². The molecule has 0 N–H and O–H groups in total. The first-order valence-electron chi connectivity index (χ1n) is 4.65. The molecule has 0 radical (unpaired) electrons. The van der Waals surface area contributed by atoms with Crippen molar-refractivity contribution in [3.63, 3.8) is 0 Å². The molecule has 0 aliphatic heterocycles. The van der Waals surface area contributed by atoms with E-state index in [0.29, 0.717) is 23.6 Å². The topological polar surface area (TPSA) is 72.5 Å². The summed E-state index contributed by atoms with van der Waals surface area (Å²) in [6.07, 6.45) is 4.39. The third-order valence-electron chi connectivity index (χ3n) is 1.89. The number of rotatable bonds is 4. The molecule has 4 nitrogen and oxygen atoms in total. The molecule has 0 aliphatic carbocycles. The van der Waals surface area contributed by atoms with Gasteiger partial charge in [0.05, 0.1) is 11.6 Å². The zero-order valence-electron chi connectivity index (χ0n) is 8.47. The Balaban J connectivity index is 2.67. The van der Waals surface area contributed by atoms with Crippen LogP contribution in [0.1, 0.15) is 17.5 Å². The van der Waals surface area contributed by atoms with E-state index in [2.05, 4.69) is 10.0 Å². The van der Waals surface area contributed by atoms with Gasteiger partial charge in [0, 0.05) is 16.5 Å². The minimum absolute atomic E-state index is 0.431. The van der Waals surface area contributed by atoms with E-state index in [0.717, 1.165) is 5.56 Å². The molecule has 0 saturated heterocycles. The van der Waals surface area contributed by atoms with Gasteiger partial charge in [-0.1, -0.05) is 34.9 Å². The molecule has 0 amide bonds. The lowest BCUT2D eigenvalue weighted by atomic mass is 10.1. The van der Waals surface area contributed by atoms with Crippen LogP contribution in [0.4, 0.5) is 0 Å². The van der Waals surface area contributed by atoms with Crippen LogP contribution < -0.4 is 0 Å². The van der Waals surface area contributed by atoms with Crippen molar-refractivity contribution in [1.29, 1.82) is 5.26 Å². The third kappa shape index (κ3) is 3.66. The Kier molecular flexibility index (Phi) is 4.94. The van der Waals surface area contributed by atoms with Crippen LogP contribution in [0, 0.1) is 11.3 Å². The summed E-state index contributed by atoms with van der Waals surface area (Å²) >= 11 is 5.96. The highest BCUT2D eigenvalue weighted by molar-refractivity contribution is 6.32. The van der Waals surface area contributed by atoms with Gasteiger partial charge in [-0.15, -0.1) is 0 Å². The number of azide groups is 1. The van der Waals surface area contributed by atoms with Crippen molar-refractivity contribution in [1.82, 2.24) is 0 Å². The van der Waals surface area contributed by atoms with Crippen LogP contribution in [0.15, 0.2) is 29.4 Å². The number of halogens is 1. The van der Waals surface area contributed by atoms with Crippen molar-refractivity contribution < 1.29 is 0 Å². The Morgan fingerprint density at radius 2 is 2.38 bits per heavy atom. The van der Waals surface area contributed by atoms with Gasteiger partial charge in [-0.2, -0.15) is 5.26 Å². The first kappa shape index (κ1) is 12.1. The number of hydrogen-bond acceptors (Lipinski definition) is 2. The van der Waals surface area contributed by atoms with E-state index in [4.69, 9.17) is 22.4 Å². The van der Waals surface area contributed by atoms with Crippen LogP contribution >= 0.6 is 11.6 Å². The molecule has 16 heavy (non-hydrogen) atoms. The van der Waals surface area contributed by atoms with Crippen LogP contribution in [-0.4, -0.2) is 6.54 Å². The first-order chi connectivity index (χ1) is 7.77. The van der Waals surface area contributed by atoms with Gasteiger partial charge in [0.15, 0.2) is 0 Å². The lowest BCUT2D eigenvalue weighted by Crippen LogP contribution is -1.79. The predicted molar refractivity (Wildman–Crippen MR) is 63.8 cm³/mol. The Hall–Kier alpha value is -1.95. The van der Waals surface area contributed by atoms with Gasteiger partial charge in [-0.05, 0) is 29.6 Å². The highest BCUT2D eigenvalue weighted by Crippen LogP contribution is 2.19. The number of nitriles is 1. The summed E-state index contributed by atoms with van der Waals surface area (Å²) in [5.41, 5.74) is 9.45. The van der Waals surface area contributed by atoms with E-state index < -0.39 is 0 Å². The molecule has 1 aromatic rings. The normalized spacial score (nSPS) is 9.75. The molecule has 0 atom stereocenters. The fourth-order valence-corrected chi connectivity index (χ4v) is 1.36. The van der Waals surface area contributed by atoms with Gasteiger partial charge < -0.3 is 0 Å². The fraction of sp³-hybridized carbons (Fsp3) is 0.182. The lowest BCUT2D eigenvalue weighted by Gasteiger charge is -1.97. The van der Waals surface area contributed by atoms with Gasteiger partial charge >= 0.3 is 0 Å².